The molecule has 1 aromatic carbocycles. The Morgan fingerprint density at radius 1 is 0.900 bits per heavy atom. The molecule has 0 radical (unpaired) electrons. The summed E-state index contributed by atoms with van der Waals surface area (Å²) in [6.45, 7) is 2.29. The largest absolute Gasteiger partial charge is 0.0843 e. The van der Waals surface area contributed by atoms with E-state index in [4.69, 9.17) is 11.6 Å². The lowest BCUT2D eigenvalue weighted by Gasteiger charge is -2.29. The second-order valence-corrected chi connectivity index (χ2v) is 6.91. The Morgan fingerprint density at radius 3 is 2.20 bits per heavy atom. The molecule has 0 unspecified atom stereocenters. The summed E-state index contributed by atoms with van der Waals surface area (Å²) in [7, 11) is 0. The highest BCUT2D eigenvalue weighted by molar-refractivity contribution is 6.30. The minimum atomic E-state index is 0.781. The molecule has 0 bridgehead atoms. The van der Waals surface area contributed by atoms with Crippen LogP contribution >= 0.6 is 11.6 Å². The standard InChI is InChI=1S/C19H29Cl/c1-2-3-4-5-6-7-16-8-10-17(11-9-16)18-12-14-19(20)15-13-18/h12-17H,2-11H2,1H3. The molecule has 0 aliphatic heterocycles. The van der Waals surface area contributed by atoms with Gasteiger partial charge < -0.3 is 0 Å². The summed E-state index contributed by atoms with van der Waals surface area (Å²) in [5.74, 6) is 1.78. The highest BCUT2D eigenvalue weighted by Gasteiger charge is 2.21. The fraction of sp³-hybridized carbons (Fsp3) is 0.684. The van der Waals surface area contributed by atoms with Gasteiger partial charge in [-0.25, -0.2) is 0 Å². The summed E-state index contributed by atoms with van der Waals surface area (Å²) in [6, 6.07) is 8.52. The molecule has 0 atom stereocenters. The maximum absolute atomic E-state index is 5.97. The molecule has 1 aromatic rings. The third kappa shape index (κ3) is 5.13. The molecule has 1 saturated carbocycles. The van der Waals surface area contributed by atoms with E-state index in [2.05, 4.69) is 19.1 Å². The lowest BCUT2D eigenvalue weighted by atomic mass is 9.77. The molecule has 1 aliphatic carbocycles. The van der Waals surface area contributed by atoms with Crippen molar-refractivity contribution in [3.05, 3.63) is 34.9 Å². The van der Waals surface area contributed by atoms with E-state index >= 15 is 0 Å². The van der Waals surface area contributed by atoms with Crippen LogP contribution in [0.3, 0.4) is 0 Å². The summed E-state index contributed by atoms with van der Waals surface area (Å²) < 4.78 is 0. The molecule has 0 N–H and O–H groups in total. The molecule has 20 heavy (non-hydrogen) atoms. The molecule has 2 rings (SSSR count). The molecule has 0 aromatic heterocycles. The molecule has 112 valence electrons. The molecular weight excluding hydrogens is 264 g/mol. The van der Waals surface area contributed by atoms with Crippen LogP contribution in [0.2, 0.25) is 5.02 Å². The van der Waals surface area contributed by atoms with Crippen LogP contribution in [-0.2, 0) is 0 Å². The van der Waals surface area contributed by atoms with E-state index in [1.807, 2.05) is 12.1 Å². The third-order valence-electron chi connectivity index (χ3n) is 4.90. The summed E-state index contributed by atoms with van der Waals surface area (Å²) >= 11 is 5.97. The molecule has 0 spiro atoms. The maximum atomic E-state index is 5.97. The quantitative estimate of drug-likeness (QED) is 0.476. The molecular formula is C19H29Cl. The van der Waals surface area contributed by atoms with Crippen LogP contribution in [0, 0.1) is 5.92 Å². The van der Waals surface area contributed by atoms with Crippen molar-refractivity contribution >= 4 is 11.6 Å². The lowest BCUT2D eigenvalue weighted by molar-refractivity contribution is 0.302. The topological polar surface area (TPSA) is 0 Å². The van der Waals surface area contributed by atoms with Gasteiger partial charge in [0.1, 0.15) is 0 Å². The highest BCUT2D eigenvalue weighted by atomic mass is 35.5. The first-order chi connectivity index (χ1) is 9.79. The smallest absolute Gasteiger partial charge is 0.0406 e. The van der Waals surface area contributed by atoms with Crippen LogP contribution in [0.25, 0.3) is 0 Å². The molecule has 1 heteroatoms. The first-order valence-corrected chi connectivity index (χ1v) is 8.93. The highest BCUT2D eigenvalue weighted by Crippen LogP contribution is 2.37. The minimum Gasteiger partial charge on any atom is -0.0843 e. The predicted octanol–water partition coefficient (Wildman–Crippen LogP) is 6.97. The first-order valence-electron chi connectivity index (χ1n) is 8.55. The van der Waals surface area contributed by atoms with Crippen LogP contribution in [0.15, 0.2) is 24.3 Å². The fourth-order valence-electron chi connectivity index (χ4n) is 3.56. The number of hydrogen-bond donors (Lipinski definition) is 0. The second-order valence-electron chi connectivity index (χ2n) is 6.47. The van der Waals surface area contributed by atoms with Crippen LogP contribution in [0.4, 0.5) is 0 Å². The van der Waals surface area contributed by atoms with E-state index < -0.39 is 0 Å². The van der Waals surface area contributed by atoms with Gasteiger partial charge >= 0.3 is 0 Å². The SMILES string of the molecule is CCCCCCCC1CCC(c2ccc(Cl)cc2)CC1. The van der Waals surface area contributed by atoms with Gasteiger partial charge in [-0.2, -0.15) is 0 Å². The van der Waals surface area contributed by atoms with Gasteiger partial charge in [-0.3, -0.25) is 0 Å². The fourth-order valence-corrected chi connectivity index (χ4v) is 3.68. The van der Waals surface area contributed by atoms with Gasteiger partial charge in [0.25, 0.3) is 0 Å². The third-order valence-corrected chi connectivity index (χ3v) is 5.16. The van der Waals surface area contributed by atoms with Crippen molar-refractivity contribution in [3.8, 4) is 0 Å². The monoisotopic (exact) mass is 292 g/mol. The zero-order chi connectivity index (χ0) is 14.2. The zero-order valence-electron chi connectivity index (χ0n) is 12.9. The van der Waals surface area contributed by atoms with E-state index in [-0.39, 0.29) is 0 Å². The molecule has 0 heterocycles. The summed E-state index contributed by atoms with van der Waals surface area (Å²) in [6.07, 6.45) is 14.2. The van der Waals surface area contributed by atoms with E-state index in [0.29, 0.717) is 0 Å². The number of benzene rings is 1. The number of halogens is 1. The van der Waals surface area contributed by atoms with Gasteiger partial charge in [0.05, 0.1) is 0 Å². The van der Waals surface area contributed by atoms with Crippen molar-refractivity contribution in [1.29, 1.82) is 0 Å². The molecule has 1 fully saturated rings. The number of rotatable bonds is 7. The summed E-state index contributed by atoms with van der Waals surface area (Å²) in [5.41, 5.74) is 1.50. The zero-order valence-corrected chi connectivity index (χ0v) is 13.7. The number of unbranched alkanes of at least 4 members (excludes halogenated alkanes) is 4. The Kier molecular flexibility index (Phi) is 6.93. The van der Waals surface area contributed by atoms with Crippen molar-refractivity contribution < 1.29 is 0 Å². The number of hydrogen-bond acceptors (Lipinski definition) is 0. The van der Waals surface area contributed by atoms with Crippen LogP contribution in [0.1, 0.15) is 82.6 Å². The van der Waals surface area contributed by atoms with Gasteiger partial charge in [-0.05, 0) is 55.2 Å². The van der Waals surface area contributed by atoms with Gasteiger partial charge in [0, 0.05) is 5.02 Å². The van der Waals surface area contributed by atoms with Gasteiger partial charge in [-0.15, -0.1) is 0 Å². The van der Waals surface area contributed by atoms with Crippen molar-refractivity contribution in [2.24, 2.45) is 5.92 Å². The average Bonchev–Trinajstić information content (AvgIpc) is 2.49. The van der Waals surface area contributed by atoms with Crippen LogP contribution in [0.5, 0.6) is 0 Å². The normalized spacial score (nSPS) is 22.9. The van der Waals surface area contributed by atoms with Crippen LogP contribution < -0.4 is 0 Å². The summed E-state index contributed by atoms with van der Waals surface area (Å²) in [5, 5.41) is 0.856. The van der Waals surface area contributed by atoms with Gasteiger partial charge in [0.2, 0.25) is 0 Å². The van der Waals surface area contributed by atoms with E-state index in [9.17, 15) is 0 Å². The Morgan fingerprint density at radius 2 is 1.55 bits per heavy atom. The van der Waals surface area contributed by atoms with Crippen molar-refractivity contribution in [2.45, 2.75) is 77.0 Å². The Bertz CT molecular complexity index is 360. The Labute approximate surface area is 129 Å². The predicted molar refractivity (Wildman–Crippen MR) is 89.5 cm³/mol. The van der Waals surface area contributed by atoms with Crippen molar-refractivity contribution in [2.75, 3.05) is 0 Å². The van der Waals surface area contributed by atoms with Gasteiger partial charge in [-0.1, -0.05) is 69.2 Å². The average molecular weight is 293 g/mol. The van der Waals surface area contributed by atoms with Gasteiger partial charge in [0.15, 0.2) is 0 Å². The summed E-state index contributed by atoms with van der Waals surface area (Å²) in [4.78, 5) is 0. The van der Waals surface area contributed by atoms with E-state index in [1.54, 1.807) is 0 Å². The lowest BCUT2D eigenvalue weighted by Crippen LogP contribution is -2.13. The molecule has 1 aliphatic rings. The van der Waals surface area contributed by atoms with E-state index in [1.165, 1.54) is 69.8 Å². The van der Waals surface area contributed by atoms with Crippen molar-refractivity contribution in [3.63, 3.8) is 0 Å². The maximum Gasteiger partial charge on any atom is 0.0406 e. The first kappa shape index (κ1) is 15.9. The van der Waals surface area contributed by atoms with Crippen LogP contribution in [-0.4, -0.2) is 0 Å². The van der Waals surface area contributed by atoms with Crippen molar-refractivity contribution in [1.82, 2.24) is 0 Å². The molecule has 0 amide bonds. The molecule has 0 nitrogen and oxygen atoms in total. The second kappa shape index (κ2) is 8.72. The Balaban J connectivity index is 1.66. The minimum absolute atomic E-state index is 0.781. The molecule has 0 saturated heterocycles. The Hall–Kier alpha value is -0.490. The van der Waals surface area contributed by atoms with E-state index in [0.717, 1.165) is 16.9 Å².